The van der Waals surface area contributed by atoms with Gasteiger partial charge in [-0.2, -0.15) is 0 Å². The molecule has 0 aliphatic heterocycles. The van der Waals surface area contributed by atoms with Gasteiger partial charge >= 0.3 is 29.8 Å². The Balaban J connectivity index is 0.000000273. The van der Waals surface area contributed by atoms with Crippen molar-refractivity contribution in [2.24, 2.45) is 5.11 Å². The lowest BCUT2D eigenvalue weighted by Crippen LogP contribution is -2.08. The zero-order valence-electron chi connectivity index (χ0n) is 31.9. The molecule has 0 spiro atoms. The highest BCUT2D eigenvalue weighted by Crippen LogP contribution is 2.16. The van der Waals surface area contributed by atoms with Crippen LogP contribution < -0.4 is 5.56 Å². The van der Waals surface area contributed by atoms with E-state index in [0.717, 1.165) is 12.2 Å². The topological polar surface area (TPSA) is 258 Å². The molecule has 5 rings (SSSR count). The number of hydrogen-bond donors (Lipinski definition) is 2. The molecule has 0 unspecified atom stereocenters. The minimum Gasteiger partial charge on any atom is -0.478 e. The van der Waals surface area contributed by atoms with Gasteiger partial charge in [-0.05, 0) is 70.3 Å². The number of H-pyrrole nitrogens is 1. The van der Waals surface area contributed by atoms with Crippen molar-refractivity contribution in [2.75, 3.05) is 28.4 Å². The number of benzene rings is 4. The van der Waals surface area contributed by atoms with E-state index in [1.165, 1.54) is 46.8 Å². The number of rotatable bonds is 9. The van der Waals surface area contributed by atoms with E-state index in [1.807, 2.05) is 0 Å². The number of aromatic nitrogens is 1. The first-order chi connectivity index (χ1) is 28.4. The Morgan fingerprint density at radius 3 is 1.47 bits per heavy atom. The monoisotopic (exact) mass is 804 g/mol. The number of aliphatic carboxylic acids is 1. The van der Waals surface area contributed by atoms with Crippen molar-refractivity contribution in [3.63, 3.8) is 0 Å². The number of carboxylic acid groups (broad SMARTS) is 1. The lowest BCUT2D eigenvalue weighted by Gasteiger charge is -2.02. The van der Waals surface area contributed by atoms with Gasteiger partial charge in [-0.1, -0.05) is 66.7 Å². The number of carbonyl (C=O) groups excluding carboxylic acids is 6. The molecule has 2 N–H and O–H groups in total. The molecular weight excluding hydrogens is 768 g/mol. The number of amides is 1. The molecule has 0 atom stereocenters. The Labute approximate surface area is 335 Å². The lowest BCUT2D eigenvalue weighted by atomic mass is 10.1. The quantitative estimate of drug-likeness (QED) is 0.0307. The van der Waals surface area contributed by atoms with Gasteiger partial charge in [-0.25, -0.2) is 24.0 Å². The first-order valence-corrected chi connectivity index (χ1v) is 16.7. The van der Waals surface area contributed by atoms with Crippen molar-refractivity contribution in [3.05, 3.63) is 175 Å². The fourth-order valence-corrected chi connectivity index (χ4v) is 4.68. The molecule has 17 nitrogen and oxygen atoms in total. The van der Waals surface area contributed by atoms with Crippen LogP contribution in [0, 0.1) is 0 Å². The Hall–Kier alpha value is -8.43. The number of nitrogens with zero attached hydrogens (tertiary/aromatic N) is 3. The number of aromatic amines is 1. The standard InChI is InChI=1S/C11H9N3O3.C11H9NO3.C11H10O4.C9H8O3/c1-17-11(16)9-5-3-2-4-8(9)6-7-10(15)13-14-12;1-15-11(14)9-4-2-3-8-7(9)5-6-12-10(8)13;1-15-11(14)9-5-3-2-4-8(9)6-7-10(12)13;1-12-9(11)8-5-3-2-4-7(8)6-10/h2-7H,1H3;2-6H,1H3,(H,12,13);2-7H,1H3,(H,12,13);2-6H,1H3/b7-6+;;7-6+;. The SMILES string of the molecule is COC(=O)c1cccc2c(=O)[nH]ccc12.COC(=O)c1ccccc1/C=C/C(=O)N=[N+]=[N-].COC(=O)c1ccccc1/C=C/C(=O)O.COC(=O)c1ccccc1C=O. The fraction of sp³-hybridized carbons (Fsp3) is 0.0952. The molecule has 302 valence electrons. The van der Waals surface area contributed by atoms with Gasteiger partial charge in [0.05, 0.1) is 50.7 Å². The summed E-state index contributed by atoms with van der Waals surface area (Å²) in [7, 11) is 5.15. The van der Waals surface area contributed by atoms with Gasteiger partial charge in [-0.15, -0.1) is 0 Å². The molecule has 4 aromatic carbocycles. The normalized spacial score (nSPS) is 9.83. The zero-order chi connectivity index (χ0) is 43.7. The van der Waals surface area contributed by atoms with Crippen LogP contribution in [0.2, 0.25) is 0 Å². The number of azide groups is 1. The summed E-state index contributed by atoms with van der Waals surface area (Å²) < 4.78 is 18.3. The molecule has 1 heterocycles. The van der Waals surface area contributed by atoms with E-state index in [2.05, 4.69) is 34.0 Å². The number of ether oxygens (including phenoxy) is 4. The van der Waals surface area contributed by atoms with Crippen molar-refractivity contribution in [2.45, 2.75) is 0 Å². The number of pyridine rings is 1. The smallest absolute Gasteiger partial charge is 0.338 e. The molecule has 5 aromatic rings. The summed E-state index contributed by atoms with van der Waals surface area (Å²) in [5, 5.41) is 12.4. The number of carboxylic acids is 1. The van der Waals surface area contributed by atoms with Crippen LogP contribution in [0.3, 0.4) is 0 Å². The molecule has 1 aromatic heterocycles. The van der Waals surface area contributed by atoms with E-state index in [0.29, 0.717) is 56.0 Å². The van der Waals surface area contributed by atoms with Gasteiger partial charge < -0.3 is 29.0 Å². The summed E-state index contributed by atoms with van der Waals surface area (Å²) in [6.45, 7) is 0. The highest BCUT2D eigenvalue weighted by molar-refractivity contribution is 6.04. The van der Waals surface area contributed by atoms with Crippen molar-refractivity contribution in [3.8, 4) is 0 Å². The van der Waals surface area contributed by atoms with E-state index in [-0.39, 0.29) is 5.56 Å². The molecule has 0 aliphatic rings. The fourth-order valence-electron chi connectivity index (χ4n) is 4.68. The van der Waals surface area contributed by atoms with Gasteiger partial charge in [-0.3, -0.25) is 14.4 Å². The molecule has 0 saturated carbocycles. The van der Waals surface area contributed by atoms with Crippen molar-refractivity contribution in [1.29, 1.82) is 0 Å². The van der Waals surface area contributed by atoms with Gasteiger partial charge in [0.15, 0.2) is 6.29 Å². The predicted molar refractivity (Wildman–Crippen MR) is 214 cm³/mol. The first-order valence-electron chi connectivity index (χ1n) is 16.7. The van der Waals surface area contributed by atoms with Crippen molar-refractivity contribution >= 4 is 65.0 Å². The van der Waals surface area contributed by atoms with Crippen LogP contribution >= 0.6 is 0 Å². The molecule has 0 saturated heterocycles. The summed E-state index contributed by atoms with van der Waals surface area (Å²) in [6, 6.07) is 26.4. The maximum atomic E-state index is 11.4. The number of carbonyl (C=O) groups is 7. The third-order valence-corrected chi connectivity index (χ3v) is 7.40. The molecule has 0 bridgehead atoms. The van der Waals surface area contributed by atoms with E-state index < -0.39 is 35.8 Å². The molecule has 0 fully saturated rings. The highest BCUT2D eigenvalue weighted by Gasteiger charge is 2.12. The molecule has 17 heteroatoms. The van der Waals surface area contributed by atoms with Gasteiger partial charge in [0, 0.05) is 33.5 Å². The zero-order valence-corrected chi connectivity index (χ0v) is 31.9. The minimum atomic E-state index is -1.06. The number of esters is 4. The second kappa shape index (κ2) is 24.9. The summed E-state index contributed by atoms with van der Waals surface area (Å²) in [5.74, 6) is -3.70. The predicted octanol–water partition coefficient (Wildman–Crippen LogP) is 6.49. The van der Waals surface area contributed by atoms with Crippen molar-refractivity contribution < 1.29 is 57.6 Å². The Kier molecular flexibility index (Phi) is 19.7. The maximum Gasteiger partial charge on any atom is 0.338 e. The van der Waals surface area contributed by atoms with Crippen LogP contribution in [0.25, 0.3) is 33.4 Å². The average molecular weight is 805 g/mol. The van der Waals surface area contributed by atoms with E-state index >= 15 is 0 Å². The van der Waals surface area contributed by atoms with Gasteiger partial charge in [0.2, 0.25) is 5.91 Å². The molecule has 1 amide bonds. The third kappa shape index (κ3) is 14.6. The average Bonchev–Trinajstić information content (AvgIpc) is 3.27. The Bertz CT molecular complexity index is 2480. The van der Waals surface area contributed by atoms with Gasteiger partial charge in [0.1, 0.15) is 0 Å². The van der Waals surface area contributed by atoms with Crippen LogP contribution in [0.5, 0.6) is 0 Å². The summed E-state index contributed by atoms with van der Waals surface area (Å²) in [5.41, 5.74) is 10.6. The van der Waals surface area contributed by atoms with Crippen LogP contribution in [0.15, 0.2) is 125 Å². The molecule has 59 heavy (non-hydrogen) atoms. The van der Waals surface area contributed by atoms with E-state index in [1.54, 1.807) is 97.1 Å². The number of aldehydes is 1. The van der Waals surface area contributed by atoms with Crippen LogP contribution in [0.4, 0.5) is 0 Å². The summed E-state index contributed by atoms with van der Waals surface area (Å²) >= 11 is 0. The Morgan fingerprint density at radius 2 is 1.02 bits per heavy atom. The lowest BCUT2D eigenvalue weighted by molar-refractivity contribution is -0.131. The van der Waals surface area contributed by atoms with Gasteiger partial charge in [0.25, 0.3) is 5.56 Å². The molecule has 0 aliphatic carbocycles. The minimum absolute atomic E-state index is 0.210. The second-order valence-corrected chi connectivity index (χ2v) is 11.0. The van der Waals surface area contributed by atoms with E-state index in [4.69, 9.17) is 10.6 Å². The summed E-state index contributed by atoms with van der Waals surface area (Å²) in [6.07, 6.45) is 6.95. The number of hydrogen-bond acceptors (Lipinski definition) is 12. The molecular formula is C42H36N4O13. The maximum absolute atomic E-state index is 11.4. The van der Waals surface area contributed by atoms with Crippen LogP contribution in [-0.2, 0) is 28.5 Å². The van der Waals surface area contributed by atoms with Crippen LogP contribution in [-0.4, -0.2) is 80.6 Å². The van der Waals surface area contributed by atoms with Crippen molar-refractivity contribution in [1.82, 2.24) is 4.98 Å². The second-order valence-electron chi connectivity index (χ2n) is 11.0. The molecule has 0 radical (unpaired) electrons. The third-order valence-electron chi connectivity index (χ3n) is 7.40. The Morgan fingerprint density at radius 1 is 0.593 bits per heavy atom. The highest BCUT2D eigenvalue weighted by atomic mass is 16.5. The number of fused-ring (bicyclic) bond motifs is 1. The largest absolute Gasteiger partial charge is 0.478 e. The number of nitrogens with one attached hydrogen (secondary N) is 1. The first kappa shape index (κ1) is 46.7. The van der Waals surface area contributed by atoms with Crippen LogP contribution in [0.1, 0.15) is 62.9 Å². The number of methoxy groups -OCH3 is 4. The van der Waals surface area contributed by atoms with E-state index in [9.17, 15) is 38.4 Å². The summed E-state index contributed by atoms with van der Waals surface area (Å²) in [4.78, 5) is 93.1.